The highest BCUT2D eigenvalue weighted by Gasteiger charge is 2.29. The number of piperazine rings is 1. The Morgan fingerprint density at radius 1 is 1.26 bits per heavy atom. The average Bonchev–Trinajstić information content (AvgIpc) is 3.17. The predicted octanol–water partition coefficient (Wildman–Crippen LogP) is -0.128. The van der Waals surface area contributed by atoms with Crippen LogP contribution in [0.15, 0.2) is 21.8 Å². The standard InChI is InChI=1S/C13H20N6O3S/c1-3-13-15-12(16-22-13)10-18-4-6-19(7-5-18)23(20,21)11-8-14-17(2)9-11/h8-9H,3-7,10H2,1-2H3. The summed E-state index contributed by atoms with van der Waals surface area (Å²) >= 11 is 0. The molecule has 1 aliphatic rings. The molecule has 3 heterocycles. The fourth-order valence-corrected chi connectivity index (χ4v) is 3.92. The minimum atomic E-state index is -3.46. The van der Waals surface area contributed by atoms with Gasteiger partial charge in [-0.1, -0.05) is 12.1 Å². The molecule has 0 atom stereocenters. The Labute approximate surface area is 134 Å². The van der Waals surface area contributed by atoms with Gasteiger partial charge in [0.2, 0.25) is 15.9 Å². The molecule has 1 fully saturated rings. The number of rotatable bonds is 5. The second kappa shape index (κ2) is 6.38. The van der Waals surface area contributed by atoms with Crippen molar-refractivity contribution in [3.63, 3.8) is 0 Å². The summed E-state index contributed by atoms with van der Waals surface area (Å²) in [6, 6.07) is 0. The summed E-state index contributed by atoms with van der Waals surface area (Å²) < 4.78 is 33.1. The van der Waals surface area contributed by atoms with E-state index in [9.17, 15) is 8.42 Å². The van der Waals surface area contributed by atoms with Gasteiger partial charge in [0.1, 0.15) is 4.90 Å². The van der Waals surface area contributed by atoms with Gasteiger partial charge in [-0.15, -0.1) is 0 Å². The molecule has 0 aliphatic carbocycles. The molecule has 0 unspecified atom stereocenters. The molecule has 126 valence electrons. The van der Waals surface area contributed by atoms with Gasteiger partial charge in [-0.3, -0.25) is 9.58 Å². The average molecular weight is 340 g/mol. The third kappa shape index (κ3) is 3.43. The Bertz CT molecular complexity index is 760. The zero-order chi connectivity index (χ0) is 16.4. The van der Waals surface area contributed by atoms with Crippen molar-refractivity contribution in [1.82, 2.24) is 29.1 Å². The van der Waals surface area contributed by atoms with Crippen molar-refractivity contribution in [3.8, 4) is 0 Å². The van der Waals surface area contributed by atoms with Crippen molar-refractivity contribution >= 4 is 10.0 Å². The van der Waals surface area contributed by atoms with E-state index in [0.717, 1.165) is 0 Å². The highest BCUT2D eigenvalue weighted by molar-refractivity contribution is 7.89. The van der Waals surface area contributed by atoms with Crippen LogP contribution in [0.25, 0.3) is 0 Å². The summed E-state index contributed by atoms with van der Waals surface area (Å²) in [5.41, 5.74) is 0. The molecule has 0 saturated carbocycles. The topological polar surface area (TPSA) is 97.4 Å². The van der Waals surface area contributed by atoms with E-state index in [1.807, 2.05) is 6.92 Å². The van der Waals surface area contributed by atoms with Crippen LogP contribution in [-0.4, -0.2) is 63.7 Å². The lowest BCUT2D eigenvalue weighted by Gasteiger charge is -2.32. The first-order valence-corrected chi connectivity index (χ1v) is 8.95. The molecule has 2 aromatic rings. The monoisotopic (exact) mass is 340 g/mol. The zero-order valence-corrected chi connectivity index (χ0v) is 14.0. The Hall–Kier alpha value is -1.78. The van der Waals surface area contributed by atoms with E-state index in [4.69, 9.17) is 4.52 Å². The van der Waals surface area contributed by atoms with Crippen LogP contribution < -0.4 is 0 Å². The van der Waals surface area contributed by atoms with Crippen molar-refractivity contribution in [2.75, 3.05) is 26.2 Å². The van der Waals surface area contributed by atoms with Crippen molar-refractivity contribution < 1.29 is 12.9 Å². The largest absolute Gasteiger partial charge is 0.339 e. The normalized spacial score (nSPS) is 17.7. The Morgan fingerprint density at radius 2 is 2.00 bits per heavy atom. The first kappa shape index (κ1) is 16.1. The van der Waals surface area contributed by atoms with E-state index >= 15 is 0 Å². The van der Waals surface area contributed by atoms with E-state index < -0.39 is 10.0 Å². The van der Waals surface area contributed by atoms with Crippen molar-refractivity contribution in [2.45, 2.75) is 24.8 Å². The molecule has 0 N–H and O–H groups in total. The van der Waals surface area contributed by atoms with Crippen LogP contribution in [0.2, 0.25) is 0 Å². The first-order chi connectivity index (χ1) is 11.0. The number of sulfonamides is 1. The van der Waals surface area contributed by atoms with Gasteiger partial charge < -0.3 is 4.52 Å². The maximum atomic E-state index is 12.5. The molecular formula is C13H20N6O3S. The Balaban J connectivity index is 1.59. The third-order valence-corrected chi connectivity index (χ3v) is 5.68. The lowest BCUT2D eigenvalue weighted by Crippen LogP contribution is -2.48. The van der Waals surface area contributed by atoms with Crippen molar-refractivity contribution in [2.24, 2.45) is 7.05 Å². The fourth-order valence-electron chi connectivity index (χ4n) is 2.51. The van der Waals surface area contributed by atoms with Gasteiger partial charge in [0.15, 0.2) is 5.82 Å². The van der Waals surface area contributed by atoms with Gasteiger partial charge in [0.25, 0.3) is 0 Å². The van der Waals surface area contributed by atoms with Gasteiger partial charge in [0, 0.05) is 45.8 Å². The highest BCUT2D eigenvalue weighted by atomic mass is 32.2. The summed E-state index contributed by atoms with van der Waals surface area (Å²) in [5.74, 6) is 1.27. The Kier molecular flexibility index (Phi) is 4.46. The van der Waals surface area contributed by atoms with Crippen molar-refractivity contribution in [1.29, 1.82) is 0 Å². The number of nitrogens with zero attached hydrogens (tertiary/aromatic N) is 6. The number of aryl methyl sites for hydroxylation is 2. The Morgan fingerprint density at radius 3 is 2.57 bits per heavy atom. The SMILES string of the molecule is CCc1nc(CN2CCN(S(=O)(=O)c3cnn(C)c3)CC2)no1. The van der Waals surface area contributed by atoms with E-state index in [1.54, 1.807) is 7.05 Å². The quantitative estimate of drug-likeness (QED) is 0.748. The van der Waals surface area contributed by atoms with Crippen LogP contribution in [0.1, 0.15) is 18.6 Å². The number of hydrogen-bond acceptors (Lipinski definition) is 7. The molecule has 1 aliphatic heterocycles. The van der Waals surface area contributed by atoms with Gasteiger partial charge in [-0.2, -0.15) is 14.4 Å². The van der Waals surface area contributed by atoms with Crippen LogP contribution in [0.3, 0.4) is 0 Å². The van der Waals surface area contributed by atoms with E-state index in [0.29, 0.717) is 50.9 Å². The maximum absolute atomic E-state index is 12.5. The lowest BCUT2D eigenvalue weighted by atomic mass is 10.3. The zero-order valence-electron chi connectivity index (χ0n) is 13.2. The molecule has 2 aromatic heterocycles. The maximum Gasteiger partial charge on any atom is 0.246 e. The van der Waals surface area contributed by atoms with Gasteiger partial charge >= 0.3 is 0 Å². The summed E-state index contributed by atoms with van der Waals surface area (Å²) in [6.45, 7) is 4.68. The summed E-state index contributed by atoms with van der Waals surface area (Å²) in [4.78, 5) is 6.64. The third-order valence-electron chi connectivity index (χ3n) is 3.83. The van der Waals surface area contributed by atoms with E-state index in [-0.39, 0.29) is 4.90 Å². The molecular weight excluding hydrogens is 320 g/mol. The van der Waals surface area contributed by atoms with Crippen LogP contribution in [0.5, 0.6) is 0 Å². The number of hydrogen-bond donors (Lipinski definition) is 0. The van der Waals surface area contributed by atoms with Gasteiger partial charge in [-0.25, -0.2) is 8.42 Å². The lowest BCUT2D eigenvalue weighted by molar-refractivity contribution is 0.176. The molecule has 23 heavy (non-hydrogen) atoms. The summed E-state index contributed by atoms with van der Waals surface area (Å²) in [7, 11) is -1.76. The fraction of sp³-hybridized carbons (Fsp3) is 0.615. The molecule has 10 heteroatoms. The van der Waals surface area contributed by atoms with Gasteiger partial charge in [-0.05, 0) is 0 Å². The molecule has 0 bridgehead atoms. The minimum Gasteiger partial charge on any atom is -0.339 e. The second-order valence-corrected chi connectivity index (χ2v) is 7.43. The molecule has 1 saturated heterocycles. The van der Waals surface area contributed by atoms with E-state index in [1.165, 1.54) is 21.4 Å². The molecule has 3 rings (SSSR count). The summed E-state index contributed by atoms with van der Waals surface area (Å²) in [6.07, 6.45) is 3.62. The molecule has 0 radical (unpaired) electrons. The van der Waals surface area contributed by atoms with E-state index in [2.05, 4.69) is 20.1 Å². The molecule has 0 amide bonds. The number of aromatic nitrogens is 4. The first-order valence-electron chi connectivity index (χ1n) is 7.51. The molecule has 0 spiro atoms. The second-order valence-electron chi connectivity index (χ2n) is 5.49. The molecule has 9 nitrogen and oxygen atoms in total. The van der Waals surface area contributed by atoms with Crippen LogP contribution >= 0.6 is 0 Å². The van der Waals surface area contributed by atoms with Gasteiger partial charge in [0.05, 0.1) is 12.7 Å². The van der Waals surface area contributed by atoms with Crippen LogP contribution in [0.4, 0.5) is 0 Å². The summed E-state index contributed by atoms with van der Waals surface area (Å²) in [5, 5.41) is 7.86. The van der Waals surface area contributed by atoms with Crippen LogP contribution in [-0.2, 0) is 30.0 Å². The minimum absolute atomic E-state index is 0.235. The highest BCUT2D eigenvalue weighted by Crippen LogP contribution is 2.17. The smallest absolute Gasteiger partial charge is 0.246 e. The van der Waals surface area contributed by atoms with Crippen LogP contribution in [0, 0.1) is 0 Å². The predicted molar refractivity (Wildman–Crippen MR) is 80.9 cm³/mol. The molecule has 0 aromatic carbocycles. The van der Waals surface area contributed by atoms with Crippen molar-refractivity contribution in [3.05, 3.63) is 24.1 Å².